The first-order chi connectivity index (χ1) is 10.3. The second-order valence-corrected chi connectivity index (χ2v) is 5.28. The van der Waals surface area contributed by atoms with Crippen LogP contribution < -0.4 is 10.1 Å². The number of carbonyl (C=O) groups is 1. The van der Waals surface area contributed by atoms with Gasteiger partial charge in [0.15, 0.2) is 0 Å². The molecule has 1 N–H and O–H groups in total. The first kappa shape index (κ1) is 13.6. The number of carbonyl (C=O) groups excluding carboxylic acids is 1. The van der Waals surface area contributed by atoms with Crippen LogP contribution in [0.25, 0.3) is 0 Å². The zero-order valence-corrected chi connectivity index (χ0v) is 12.0. The van der Waals surface area contributed by atoms with Crippen LogP contribution in [0.2, 0.25) is 0 Å². The molecule has 2 aromatic rings. The summed E-state index contributed by atoms with van der Waals surface area (Å²) in [7, 11) is 1.54. The van der Waals surface area contributed by atoms with Crippen molar-refractivity contribution in [3.8, 4) is 5.75 Å². The van der Waals surface area contributed by atoms with Crippen molar-refractivity contribution in [3.05, 3.63) is 53.9 Å². The lowest BCUT2D eigenvalue weighted by Gasteiger charge is -2.26. The molecule has 0 radical (unpaired) electrons. The summed E-state index contributed by atoms with van der Waals surface area (Å²) in [5.74, 6) is 0.970. The van der Waals surface area contributed by atoms with Gasteiger partial charge in [0, 0.05) is 18.1 Å². The van der Waals surface area contributed by atoms with Crippen LogP contribution in [0.4, 0.5) is 5.69 Å². The van der Waals surface area contributed by atoms with Gasteiger partial charge in [0.2, 0.25) is 0 Å². The van der Waals surface area contributed by atoms with Crippen LogP contribution in [-0.2, 0) is 0 Å². The van der Waals surface area contributed by atoms with Crippen LogP contribution >= 0.6 is 0 Å². The highest BCUT2D eigenvalue weighted by Gasteiger charge is 2.20. The minimum atomic E-state index is -0.203. The molecular formula is C17H18N2O2. The maximum atomic E-state index is 12.3. The number of nitrogens with one attached hydrogen (secondary N) is 1. The van der Waals surface area contributed by atoms with E-state index in [0.717, 1.165) is 5.69 Å². The highest BCUT2D eigenvalue weighted by molar-refractivity contribution is 6.06. The first-order valence-corrected chi connectivity index (χ1v) is 7.17. The van der Waals surface area contributed by atoms with Gasteiger partial charge in [-0.15, -0.1) is 0 Å². The van der Waals surface area contributed by atoms with E-state index in [0.29, 0.717) is 17.2 Å². The topological polar surface area (TPSA) is 51.2 Å². The molecule has 4 nitrogen and oxygen atoms in total. The number of pyridine rings is 1. The van der Waals surface area contributed by atoms with Crippen molar-refractivity contribution >= 4 is 11.6 Å². The molecule has 1 saturated carbocycles. The standard InChI is InChI=1S/C17H18N2O2/c1-21-16-8-9-18-11-15(16)17(20)19-14-7-3-6-13(10-14)12-4-2-5-12/h3,6-12H,2,4-5H2,1H3,(H,19,20). The number of rotatable bonds is 4. The van der Waals surface area contributed by atoms with E-state index in [-0.39, 0.29) is 5.91 Å². The van der Waals surface area contributed by atoms with Crippen molar-refractivity contribution in [2.24, 2.45) is 0 Å². The highest BCUT2D eigenvalue weighted by Crippen LogP contribution is 2.37. The van der Waals surface area contributed by atoms with E-state index in [1.54, 1.807) is 19.4 Å². The summed E-state index contributed by atoms with van der Waals surface area (Å²) in [4.78, 5) is 16.3. The smallest absolute Gasteiger partial charge is 0.261 e. The van der Waals surface area contributed by atoms with Gasteiger partial charge in [-0.05, 0) is 42.5 Å². The third-order valence-electron chi connectivity index (χ3n) is 3.97. The molecule has 1 amide bonds. The Labute approximate surface area is 124 Å². The summed E-state index contributed by atoms with van der Waals surface area (Å²) in [5.41, 5.74) is 2.56. The van der Waals surface area contributed by atoms with E-state index in [2.05, 4.69) is 22.4 Å². The van der Waals surface area contributed by atoms with Gasteiger partial charge in [-0.3, -0.25) is 9.78 Å². The maximum Gasteiger partial charge on any atom is 0.261 e. The van der Waals surface area contributed by atoms with E-state index in [1.807, 2.05) is 12.1 Å². The van der Waals surface area contributed by atoms with Crippen molar-refractivity contribution in [2.75, 3.05) is 12.4 Å². The summed E-state index contributed by atoms with van der Waals surface area (Å²) in [6, 6.07) is 9.76. The van der Waals surface area contributed by atoms with Crippen LogP contribution in [-0.4, -0.2) is 18.0 Å². The molecule has 1 fully saturated rings. The summed E-state index contributed by atoms with van der Waals surface area (Å²) < 4.78 is 5.19. The van der Waals surface area contributed by atoms with E-state index >= 15 is 0 Å². The minimum Gasteiger partial charge on any atom is -0.496 e. The molecule has 21 heavy (non-hydrogen) atoms. The number of hydrogen-bond donors (Lipinski definition) is 1. The monoisotopic (exact) mass is 282 g/mol. The molecule has 0 atom stereocenters. The van der Waals surface area contributed by atoms with Gasteiger partial charge in [0.25, 0.3) is 5.91 Å². The number of hydrogen-bond acceptors (Lipinski definition) is 3. The molecule has 0 bridgehead atoms. The van der Waals surface area contributed by atoms with E-state index in [9.17, 15) is 4.79 Å². The average molecular weight is 282 g/mol. The number of benzene rings is 1. The molecule has 1 heterocycles. The minimum absolute atomic E-state index is 0.203. The predicted octanol–water partition coefficient (Wildman–Crippen LogP) is 3.61. The molecule has 1 aromatic carbocycles. The van der Waals surface area contributed by atoms with Gasteiger partial charge >= 0.3 is 0 Å². The fraction of sp³-hybridized carbons (Fsp3) is 0.294. The van der Waals surface area contributed by atoms with Crippen molar-refractivity contribution < 1.29 is 9.53 Å². The van der Waals surface area contributed by atoms with E-state index < -0.39 is 0 Å². The molecule has 1 aliphatic rings. The lowest BCUT2D eigenvalue weighted by Crippen LogP contribution is -2.14. The van der Waals surface area contributed by atoms with Crippen molar-refractivity contribution in [1.29, 1.82) is 0 Å². The molecule has 1 aliphatic carbocycles. The van der Waals surface area contributed by atoms with Crippen molar-refractivity contribution in [3.63, 3.8) is 0 Å². The Kier molecular flexibility index (Phi) is 3.86. The number of aromatic nitrogens is 1. The first-order valence-electron chi connectivity index (χ1n) is 7.17. The Morgan fingerprint density at radius 1 is 1.33 bits per heavy atom. The number of nitrogens with zero attached hydrogens (tertiary/aromatic N) is 1. The SMILES string of the molecule is COc1ccncc1C(=O)Nc1cccc(C2CCC2)c1. The fourth-order valence-corrected chi connectivity index (χ4v) is 2.54. The van der Waals surface area contributed by atoms with Crippen LogP contribution in [0.15, 0.2) is 42.7 Å². The third-order valence-corrected chi connectivity index (χ3v) is 3.97. The van der Waals surface area contributed by atoms with Crippen molar-refractivity contribution in [2.45, 2.75) is 25.2 Å². The van der Waals surface area contributed by atoms with Gasteiger partial charge in [0.1, 0.15) is 5.75 Å². The number of anilines is 1. The number of methoxy groups -OCH3 is 1. The van der Waals surface area contributed by atoms with Crippen molar-refractivity contribution in [1.82, 2.24) is 4.98 Å². The third kappa shape index (κ3) is 2.89. The summed E-state index contributed by atoms with van der Waals surface area (Å²) >= 11 is 0. The second-order valence-electron chi connectivity index (χ2n) is 5.28. The van der Waals surface area contributed by atoms with Crippen LogP contribution in [0, 0.1) is 0 Å². The quantitative estimate of drug-likeness (QED) is 0.932. The highest BCUT2D eigenvalue weighted by atomic mass is 16.5. The largest absolute Gasteiger partial charge is 0.496 e. The molecule has 4 heteroatoms. The van der Waals surface area contributed by atoms with E-state index in [1.165, 1.54) is 31.0 Å². The van der Waals surface area contributed by atoms with Crippen LogP contribution in [0.3, 0.4) is 0 Å². The Morgan fingerprint density at radius 3 is 2.90 bits per heavy atom. The maximum absolute atomic E-state index is 12.3. The Bertz CT molecular complexity index is 651. The fourth-order valence-electron chi connectivity index (χ4n) is 2.54. The molecule has 0 spiro atoms. The van der Waals surface area contributed by atoms with Crippen LogP contribution in [0.5, 0.6) is 5.75 Å². The lowest BCUT2D eigenvalue weighted by molar-refractivity contribution is 0.102. The van der Waals surface area contributed by atoms with E-state index in [4.69, 9.17) is 4.74 Å². The van der Waals surface area contributed by atoms with Gasteiger partial charge < -0.3 is 10.1 Å². The molecule has 0 saturated heterocycles. The van der Waals surface area contributed by atoms with Gasteiger partial charge in [-0.2, -0.15) is 0 Å². The Morgan fingerprint density at radius 2 is 2.19 bits per heavy atom. The summed E-state index contributed by atoms with van der Waals surface area (Å²) in [6.45, 7) is 0. The Hall–Kier alpha value is -2.36. The lowest BCUT2D eigenvalue weighted by atomic mass is 9.80. The zero-order chi connectivity index (χ0) is 14.7. The predicted molar refractivity (Wildman–Crippen MR) is 81.8 cm³/mol. The zero-order valence-electron chi connectivity index (χ0n) is 12.0. The molecular weight excluding hydrogens is 264 g/mol. The molecule has 3 rings (SSSR count). The summed E-state index contributed by atoms with van der Waals surface area (Å²) in [5, 5.41) is 2.92. The second kappa shape index (κ2) is 5.95. The number of amides is 1. The van der Waals surface area contributed by atoms with Gasteiger partial charge in [0.05, 0.1) is 12.7 Å². The van der Waals surface area contributed by atoms with Gasteiger partial charge in [-0.25, -0.2) is 0 Å². The molecule has 0 aliphatic heterocycles. The summed E-state index contributed by atoms with van der Waals surface area (Å²) in [6.07, 6.45) is 6.91. The van der Waals surface area contributed by atoms with Gasteiger partial charge in [-0.1, -0.05) is 18.6 Å². The normalized spacial score (nSPS) is 14.3. The molecule has 1 aromatic heterocycles. The number of ether oxygens (including phenoxy) is 1. The van der Waals surface area contributed by atoms with Crippen LogP contribution in [0.1, 0.15) is 41.1 Å². The Balaban J connectivity index is 1.78. The molecule has 108 valence electrons. The molecule has 0 unspecified atom stereocenters. The average Bonchev–Trinajstić information content (AvgIpc) is 2.46.